The Labute approximate surface area is 113 Å². The Bertz CT molecular complexity index is 550. The third kappa shape index (κ3) is 2.55. The summed E-state index contributed by atoms with van der Waals surface area (Å²) < 4.78 is 37.0. The Morgan fingerprint density at radius 1 is 1.53 bits per heavy atom. The van der Waals surface area contributed by atoms with Crippen LogP contribution in [0.2, 0.25) is 0 Å². The maximum absolute atomic E-state index is 12.5. The monoisotopic (exact) mass is 289 g/mol. The minimum atomic E-state index is -3.63. The van der Waals surface area contributed by atoms with E-state index in [2.05, 4.69) is 0 Å². The average Bonchev–Trinajstić information content (AvgIpc) is 2.94. The van der Waals surface area contributed by atoms with E-state index in [1.54, 1.807) is 14.0 Å². The summed E-state index contributed by atoms with van der Waals surface area (Å²) in [7, 11) is -2.07. The maximum atomic E-state index is 12.5. The number of likely N-dealkylation sites (N-methyl/N-ethyl adjacent to an activating group) is 1. The SMILES string of the molecule is Cc1oc(CO)cc1S(=O)(=O)N(C)C1CCOC1C. The Morgan fingerprint density at radius 2 is 2.21 bits per heavy atom. The van der Waals surface area contributed by atoms with Crippen LogP contribution < -0.4 is 0 Å². The van der Waals surface area contributed by atoms with Crippen LogP contribution in [-0.4, -0.2) is 43.6 Å². The van der Waals surface area contributed by atoms with E-state index in [9.17, 15) is 8.42 Å². The molecular weight excluding hydrogens is 270 g/mol. The Hall–Kier alpha value is -0.890. The van der Waals surface area contributed by atoms with Gasteiger partial charge in [-0.15, -0.1) is 0 Å². The first-order valence-electron chi connectivity index (χ1n) is 6.17. The highest BCUT2D eigenvalue weighted by Gasteiger charge is 2.36. The van der Waals surface area contributed by atoms with E-state index in [4.69, 9.17) is 14.3 Å². The molecule has 1 aromatic heterocycles. The van der Waals surface area contributed by atoms with Crippen LogP contribution >= 0.6 is 0 Å². The molecule has 2 heterocycles. The molecule has 108 valence electrons. The summed E-state index contributed by atoms with van der Waals surface area (Å²) >= 11 is 0. The number of sulfonamides is 1. The zero-order valence-corrected chi connectivity index (χ0v) is 12.1. The van der Waals surface area contributed by atoms with Crippen molar-refractivity contribution in [2.75, 3.05) is 13.7 Å². The van der Waals surface area contributed by atoms with Gasteiger partial charge in [0.15, 0.2) is 0 Å². The minimum absolute atomic E-state index is 0.109. The van der Waals surface area contributed by atoms with E-state index in [1.807, 2.05) is 6.92 Å². The first kappa shape index (κ1) is 14.5. The molecule has 0 saturated carbocycles. The third-order valence-corrected chi connectivity index (χ3v) is 5.53. The second kappa shape index (κ2) is 5.24. The van der Waals surface area contributed by atoms with E-state index in [1.165, 1.54) is 10.4 Å². The molecule has 0 bridgehead atoms. The molecule has 1 aromatic rings. The van der Waals surface area contributed by atoms with Crippen molar-refractivity contribution in [3.63, 3.8) is 0 Å². The van der Waals surface area contributed by atoms with Gasteiger partial charge in [-0.3, -0.25) is 0 Å². The van der Waals surface area contributed by atoms with Crippen molar-refractivity contribution in [2.24, 2.45) is 0 Å². The Morgan fingerprint density at radius 3 is 2.68 bits per heavy atom. The molecule has 0 amide bonds. The van der Waals surface area contributed by atoms with Gasteiger partial charge in [0.25, 0.3) is 0 Å². The summed E-state index contributed by atoms with van der Waals surface area (Å²) in [4.78, 5) is 0.109. The predicted molar refractivity (Wildman–Crippen MR) is 68.1 cm³/mol. The van der Waals surface area contributed by atoms with Crippen molar-refractivity contribution in [3.05, 3.63) is 17.6 Å². The molecule has 1 N–H and O–H groups in total. The smallest absolute Gasteiger partial charge is 0.246 e. The van der Waals surface area contributed by atoms with Crippen LogP contribution in [0.4, 0.5) is 0 Å². The fraction of sp³-hybridized carbons (Fsp3) is 0.667. The van der Waals surface area contributed by atoms with Gasteiger partial charge in [0.05, 0.1) is 12.1 Å². The van der Waals surface area contributed by atoms with E-state index in [-0.39, 0.29) is 29.4 Å². The molecule has 1 fully saturated rings. The minimum Gasteiger partial charge on any atom is -0.462 e. The lowest BCUT2D eigenvalue weighted by atomic mass is 10.2. The highest BCUT2D eigenvalue weighted by atomic mass is 32.2. The number of furan rings is 1. The Kier molecular flexibility index (Phi) is 4.00. The molecule has 1 saturated heterocycles. The molecule has 0 aliphatic carbocycles. The van der Waals surface area contributed by atoms with Crippen LogP contribution in [-0.2, 0) is 21.4 Å². The average molecular weight is 289 g/mol. The topological polar surface area (TPSA) is 80.0 Å². The number of hydrogen-bond donors (Lipinski definition) is 1. The quantitative estimate of drug-likeness (QED) is 0.890. The van der Waals surface area contributed by atoms with E-state index >= 15 is 0 Å². The summed E-state index contributed by atoms with van der Waals surface area (Å²) in [6.07, 6.45) is 0.560. The lowest BCUT2D eigenvalue weighted by Gasteiger charge is -2.25. The zero-order valence-electron chi connectivity index (χ0n) is 11.3. The standard InChI is InChI=1S/C12H19NO5S/c1-8-11(4-5-17-8)13(3)19(15,16)12-6-10(7-14)18-9(12)2/h6,8,11,14H,4-5,7H2,1-3H3. The summed E-state index contributed by atoms with van der Waals surface area (Å²) in [5.41, 5.74) is 0. The summed E-state index contributed by atoms with van der Waals surface area (Å²) in [5.74, 6) is 0.544. The molecule has 0 aromatic carbocycles. The van der Waals surface area contributed by atoms with E-state index in [0.717, 1.165) is 0 Å². The number of rotatable bonds is 4. The normalized spacial score (nSPS) is 24.3. The molecule has 19 heavy (non-hydrogen) atoms. The molecule has 7 heteroatoms. The van der Waals surface area contributed by atoms with E-state index < -0.39 is 10.0 Å². The first-order valence-corrected chi connectivity index (χ1v) is 7.61. The van der Waals surface area contributed by atoms with Crippen LogP contribution in [0.15, 0.2) is 15.4 Å². The molecule has 0 radical (unpaired) electrons. The van der Waals surface area contributed by atoms with Crippen molar-refractivity contribution >= 4 is 10.0 Å². The van der Waals surface area contributed by atoms with Gasteiger partial charge in [0.2, 0.25) is 10.0 Å². The molecule has 1 aliphatic rings. The van der Waals surface area contributed by atoms with Gasteiger partial charge in [-0.1, -0.05) is 0 Å². The number of aryl methyl sites for hydroxylation is 1. The van der Waals surface area contributed by atoms with Gasteiger partial charge in [0, 0.05) is 19.7 Å². The lowest BCUT2D eigenvalue weighted by molar-refractivity contribution is 0.102. The largest absolute Gasteiger partial charge is 0.462 e. The molecule has 1 aliphatic heterocycles. The Balaban J connectivity index is 2.33. The maximum Gasteiger partial charge on any atom is 0.246 e. The molecule has 2 unspecified atom stereocenters. The van der Waals surface area contributed by atoms with Gasteiger partial charge in [-0.2, -0.15) is 4.31 Å². The molecular formula is C12H19NO5S. The summed E-state index contributed by atoms with van der Waals surface area (Å²) in [6, 6.07) is 1.21. The zero-order chi connectivity index (χ0) is 14.2. The van der Waals surface area contributed by atoms with Crippen LogP contribution in [0.1, 0.15) is 24.9 Å². The van der Waals surface area contributed by atoms with E-state index in [0.29, 0.717) is 18.8 Å². The van der Waals surface area contributed by atoms with Gasteiger partial charge in [-0.25, -0.2) is 8.42 Å². The molecule has 0 spiro atoms. The molecule has 6 nitrogen and oxygen atoms in total. The van der Waals surface area contributed by atoms with Crippen LogP contribution in [0.25, 0.3) is 0 Å². The first-order chi connectivity index (χ1) is 8.87. The van der Waals surface area contributed by atoms with Crippen LogP contribution in [0, 0.1) is 6.92 Å². The fourth-order valence-corrected chi connectivity index (χ4v) is 4.02. The fourth-order valence-electron chi connectivity index (χ4n) is 2.39. The lowest BCUT2D eigenvalue weighted by Crippen LogP contribution is -2.41. The third-order valence-electron chi connectivity index (χ3n) is 3.54. The van der Waals surface area contributed by atoms with Crippen molar-refractivity contribution in [1.29, 1.82) is 0 Å². The number of aliphatic hydroxyl groups excluding tert-OH is 1. The van der Waals surface area contributed by atoms with Crippen molar-refractivity contribution in [3.8, 4) is 0 Å². The van der Waals surface area contributed by atoms with Gasteiger partial charge >= 0.3 is 0 Å². The van der Waals surface area contributed by atoms with Crippen LogP contribution in [0.5, 0.6) is 0 Å². The number of hydrogen-bond acceptors (Lipinski definition) is 5. The van der Waals surface area contributed by atoms with Gasteiger partial charge in [-0.05, 0) is 20.3 Å². The summed E-state index contributed by atoms with van der Waals surface area (Å²) in [5, 5.41) is 9.01. The predicted octanol–water partition coefficient (Wildman–Crippen LogP) is 0.878. The highest BCUT2D eigenvalue weighted by Crippen LogP contribution is 2.28. The van der Waals surface area contributed by atoms with Crippen molar-refractivity contribution in [2.45, 2.75) is 43.9 Å². The highest BCUT2D eigenvalue weighted by molar-refractivity contribution is 7.89. The number of aliphatic hydroxyl groups is 1. The summed E-state index contributed by atoms with van der Waals surface area (Å²) in [6.45, 7) is 3.69. The van der Waals surface area contributed by atoms with Crippen LogP contribution in [0.3, 0.4) is 0 Å². The van der Waals surface area contributed by atoms with Crippen molar-refractivity contribution in [1.82, 2.24) is 4.31 Å². The second-order valence-electron chi connectivity index (χ2n) is 4.74. The van der Waals surface area contributed by atoms with Crippen molar-refractivity contribution < 1.29 is 22.7 Å². The van der Waals surface area contributed by atoms with Gasteiger partial charge in [0.1, 0.15) is 23.0 Å². The van der Waals surface area contributed by atoms with Gasteiger partial charge < -0.3 is 14.3 Å². The number of ether oxygens (including phenoxy) is 1. The molecule has 2 atom stereocenters. The second-order valence-corrected chi connectivity index (χ2v) is 6.71. The number of nitrogens with zero attached hydrogens (tertiary/aromatic N) is 1. The molecule has 2 rings (SSSR count).